The second kappa shape index (κ2) is 13.5. The van der Waals surface area contributed by atoms with Gasteiger partial charge < -0.3 is 10.2 Å². The van der Waals surface area contributed by atoms with Crippen molar-refractivity contribution in [2.75, 3.05) is 23.7 Å². The summed E-state index contributed by atoms with van der Waals surface area (Å²) in [6.07, 6.45) is 1.25. The smallest absolute Gasteiger partial charge is 0.244 e. The highest BCUT2D eigenvalue weighted by atomic mass is 79.9. The normalized spacial score (nSPS) is 11.9. The number of hydrogen-bond donors (Lipinski definition) is 1. The minimum Gasteiger partial charge on any atom is -0.355 e. The Morgan fingerprint density at radius 1 is 0.923 bits per heavy atom. The standard InChI is InChI=1S/C29H32BrN3O5S/c1-4-31-29(36)27(17-22-10-6-5-7-11-22)32(19-23-12-8-14-25(30)16-23)28(35)20-33(39(3,37)38)26-15-9-13-24(18-26)21(2)34/h5-16,18,27H,4,17,19-20H2,1-3H3,(H,31,36)/t27-/m1/s1. The van der Waals surface area contributed by atoms with Crippen molar-refractivity contribution in [2.45, 2.75) is 32.9 Å². The van der Waals surface area contributed by atoms with Crippen LogP contribution in [0.25, 0.3) is 0 Å². The fourth-order valence-corrected chi connectivity index (χ4v) is 5.46. The van der Waals surface area contributed by atoms with Crippen LogP contribution in [-0.2, 0) is 32.6 Å². The van der Waals surface area contributed by atoms with E-state index in [2.05, 4.69) is 21.2 Å². The Bertz CT molecular complexity index is 1430. The first-order chi connectivity index (χ1) is 18.5. The lowest BCUT2D eigenvalue weighted by molar-refractivity contribution is -0.140. The van der Waals surface area contributed by atoms with Gasteiger partial charge in [0.2, 0.25) is 21.8 Å². The number of nitrogens with one attached hydrogen (secondary N) is 1. The van der Waals surface area contributed by atoms with E-state index in [9.17, 15) is 22.8 Å². The van der Waals surface area contributed by atoms with Crippen LogP contribution in [0.1, 0.15) is 35.3 Å². The molecule has 0 radical (unpaired) electrons. The molecule has 10 heteroatoms. The van der Waals surface area contributed by atoms with Gasteiger partial charge in [0.1, 0.15) is 12.6 Å². The van der Waals surface area contributed by atoms with Crippen LogP contribution in [-0.4, -0.2) is 56.3 Å². The van der Waals surface area contributed by atoms with Crippen LogP contribution in [0.15, 0.2) is 83.3 Å². The van der Waals surface area contributed by atoms with Gasteiger partial charge in [-0.3, -0.25) is 18.7 Å². The van der Waals surface area contributed by atoms with Crippen molar-refractivity contribution in [3.8, 4) is 0 Å². The molecule has 0 aliphatic heterocycles. The number of hydrogen-bond acceptors (Lipinski definition) is 5. The average molecular weight is 615 g/mol. The number of ketones is 1. The molecule has 3 aromatic rings. The molecule has 0 fully saturated rings. The second-order valence-corrected chi connectivity index (χ2v) is 12.0. The van der Waals surface area contributed by atoms with Crippen molar-refractivity contribution in [3.05, 3.63) is 100 Å². The van der Waals surface area contributed by atoms with Gasteiger partial charge in [0, 0.05) is 29.5 Å². The van der Waals surface area contributed by atoms with Crippen LogP contribution in [0, 0.1) is 0 Å². The Hall–Kier alpha value is -3.50. The summed E-state index contributed by atoms with van der Waals surface area (Å²) in [5.41, 5.74) is 2.14. The van der Waals surface area contributed by atoms with Gasteiger partial charge in [0.05, 0.1) is 11.9 Å². The molecule has 0 spiro atoms. The Balaban J connectivity index is 2.06. The average Bonchev–Trinajstić information content (AvgIpc) is 2.89. The molecule has 0 aromatic heterocycles. The summed E-state index contributed by atoms with van der Waals surface area (Å²) in [6.45, 7) is 3.09. The van der Waals surface area contributed by atoms with Crippen molar-refractivity contribution in [1.82, 2.24) is 10.2 Å². The predicted octanol–water partition coefficient (Wildman–Crippen LogP) is 4.19. The number of carbonyl (C=O) groups is 3. The lowest BCUT2D eigenvalue weighted by Gasteiger charge is -2.33. The van der Waals surface area contributed by atoms with Crippen LogP contribution in [0.3, 0.4) is 0 Å². The molecule has 1 N–H and O–H groups in total. The largest absolute Gasteiger partial charge is 0.355 e. The van der Waals surface area contributed by atoms with Crippen LogP contribution in [0.4, 0.5) is 5.69 Å². The summed E-state index contributed by atoms with van der Waals surface area (Å²) in [5.74, 6) is -1.12. The van der Waals surface area contributed by atoms with Crippen molar-refractivity contribution >= 4 is 49.2 Å². The van der Waals surface area contributed by atoms with Gasteiger partial charge in [-0.1, -0.05) is 70.5 Å². The van der Waals surface area contributed by atoms with E-state index in [1.54, 1.807) is 19.1 Å². The van der Waals surface area contributed by atoms with E-state index in [1.807, 2.05) is 54.6 Å². The van der Waals surface area contributed by atoms with Gasteiger partial charge in [0.15, 0.2) is 5.78 Å². The molecule has 206 valence electrons. The van der Waals surface area contributed by atoms with Crippen molar-refractivity contribution in [3.63, 3.8) is 0 Å². The maximum atomic E-state index is 14.0. The molecule has 2 amide bonds. The molecule has 0 heterocycles. The number of likely N-dealkylation sites (N-methyl/N-ethyl adjacent to an activating group) is 1. The molecular formula is C29H32BrN3O5S. The highest BCUT2D eigenvalue weighted by Gasteiger charge is 2.33. The molecule has 0 aliphatic rings. The van der Waals surface area contributed by atoms with E-state index in [0.717, 1.165) is 26.2 Å². The number of carbonyl (C=O) groups excluding carboxylic acids is 3. The number of amides is 2. The van der Waals surface area contributed by atoms with E-state index >= 15 is 0 Å². The monoisotopic (exact) mass is 613 g/mol. The fraction of sp³-hybridized carbons (Fsp3) is 0.276. The number of nitrogens with zero attached hydrogens (tertiary/aromatic N) is 2. The molecule has 3 aromatic carbocycles. The molecule has 0 unspecified atom stereocenters. The van der Waals surface area contributed by atoms with Gasteiger partial charge in [0.25, 0.3) is 0 Å². The first-order valence-electron chi connectivity index (χ1n) is 12.4. The lowest BCUT2D eigenvalue weighted by atomic mass is 10.0. The molecule has 3 rings (SSSR count). The Morgan fingerprint density at radius 3 is 2.21 bits per heavy atom. The van der Waals surface area contributed by atoms with E-state index in [4.69, 9.17) is 0 Å². The van der Waals surface area contributed by atoms with Crippen LogP contribution in [0.5, 0.6) is 0 Å². The maximum absolute atomic E-state index is 14.0. The van der Waals surface area contributed by atoms with Gasteiger partial charge in [-0.2, -0.15) is 0 Å². The number of anilines is 1. The van der Waals surface area contributed by atoms with E-state index in [1.165, 1.54) is 24.0 Å². The Labute approximate surface area is 238 Å². The van der Waals surface area contributed by atoms with Crippen molar-refractivity contribution < 1.29 is 22.8 Å². The molecule has 1 atom stereocenters. The summed E-state index contributed by atoms with van der Waals surface area (Å²) in [7, 11) is -3.92. The number of halogens is 1. The highest BCUT2D eigenvalue weighted by Crippen LogP contribution is 2.22. The zero-order valence-electron chi connectivity index (χ0n) is 22.1. The third kappa shape index (κ3) is 8.49. The molecule has 39 heavy (non-hydrogen) atoms. The number of benzene rings is 3. The van der Waals surface area contributed by atoms with Crippen LogP contribution >= 0.6 is 15.9 Å². The number of Topliss-reactive ketones (excluding diaryl/α,β-unsaturated/α-hetero) is 1. The van der Waals surface area contributed by atoms with E-state index in [0.29, 0.717) is 12.1 Å². The summed E-state index contributed by atoms with van der Waals surface area (Å²) < 4.78 is 27.5. The first-order valence-corrected chi connectivity index (χ1v) is 15.1. The van der Waals surface area contributed by atoms with Crippen molar-refractivity contribution in [2.24, 2.45) is 0 Å². The fourth-order valence-electron chi connectivity index (χ4n) is 4.17. The third-order valence-corrected chi connectivity index (χ3v) is 7.72. The summed E-state index contributed by atoms with van der Waals surface area (Å²) >= 11 is 3.45. The summed E-state index contributed by atoms with van der Waals surface area (Å²) in [4.78, 5) is 40.7. The number of rotatable bonds is 12. The minimum absolute atomic E-state index is 0.0813. The Morgan fingerprint density at radius 2 is 1.59 bits per heavy atom. The SMILES string of the molecule is CCNC(=O)[C@@H](Cc1ccccc1)N(Cc1cccc(Br)c1)C(=O)CN(c1cccc(C(C)=O)c1)S(C)(=O)=O. The number of sulfonamides is 1. The van der Waals surface area contributed by atoms with Crippen LogP contribution < -0.4 is 9.62 Å². The quantitative estimate of drug-likeness (QED) is 0.308. The van der Waals surface area contributed by atoms with Crippen LogP contribution in [0.2, 0.25) is 0 Å². The predicted molar refractivity (Wildman–Crippen MR) is 156 cm³/mol. The first kappa shape index (κ1) is 30.0. The molecule has 0 saturated heterocycles. The summed E-state index contributed by atoms with van der Waals surface area (Å²) in [6, 6.07) is 22.0. The molecule has 0 saturated carbocycles. The zero-order chi connectivity index (χ0) is 28.6. The molecule has 0 aliphatic carbocycles. The zero-order valence-corrected chi connectivity index (χ0v) is 24.5. The van der Waals surface area contributed by atoms with E-state index in [-0.39, 0.29) is 30.3 Å². The van der Waals surface area contributed by atoms with Crippen molar-refractivity contribution in [1.29, 1.82) is 0 Å². The highest BCUT2D eigenvalue weighted by molar-refractivity contribution is 9.10. The topological polar surface area (TPSA) is 104 Å². The molecule has 8 nitrogen and oxygen atoms in total. The van der Waals surface area contributed by atoms with E-state index < -0.39 is 28.5 Å². The lowest BCUT2D eigenvalue weighted by Crippen LogP contribution is -2.53. The maximum Gasteiger partial charge on any atom is 0.244 e. The third-order valence-electron chi connectivity index (χ3n) is 6.08. The second-order valence-electron chi connectivity index (χ2n) is 9.13. The summed E-state index contributed by atoms with van der Waals surface area (Å²) in [5, 5.41) is 2.82. The Kier molecular flexibility index (Phi) is 10.4. The molecular weight excluding hydrogens is 582 g/mol. The van der Waals surface area contributed by atoms with Gasteiger partial charge in [-0.15, -0.1) is 0 Å². The molecule has 0 bridgehead atoms. The van der Waals surface area contributed by atoms with Gasteiger partial charge >= 0.3 is 0 Å². The van der Waals surface area contributed by atoms with Gasteiger partial charge in [-0.05, 0) is 49.2 Å². The minimum atomic E-state index is -3.92. The van der Waals surface area contributed by atoms with Gasteiger partial charge in [-0.25, -0.2) is 8.42 Å².